The Balaban J connectivity index is 1.65. The first-order valence-corrected chi connectivity index (χ1v) is 11.5. The minimum Gasteiger partial charge on any atom is -0.478 e. The summed E-state index contributed by atoms with van der Waals surface area (Å²) < 4.78 is 5.71. The van der Waals surface area contributed by atoms with E-state index in [9.17, 15) is 14.7 Å². The highest BCUT2D eigenvalue weighted by atomic mass is 16.5. The van der Waals surface area contributed by atoms with E-state index in [4.69, 9.17) is 9.73 Å². The minimum absolute atomic E-state index is 0.130. The Kier molecular flexibility index (Phi) is 8.87. The van der Waals surface area contributed by atoms with Crippen LogP contribution in [-0.2, 0) is 9.53 Å². The van der Waals surface area contributed by atoms with Crippen LogP contribution in [0.2, 0.25) is 0 Å². The van der Waals surface area contributed by atoms with E-state index in [1.807, 2.05) is 24.8 Å². The zero-order chi connectivity index (χ0) is 22.9. The van der Waals surface area contributed by atoms with Crippen molar-refractivity contribution >= 4 is 23.5 Å². The molecule has 3 rings (SSSR count). The molecule has 2 heterocycles. The van der Waals surface area contributed by atoms with Crippen LogP contribution in [0.3, 0.4) is 0 Å². The first kappa shape index (κ1) is 24.0. The predicted octanol–water partition coefficient (Wildman–Crippen LogP) is 1.82. The second kappa shape index (κ2) is 11.8. The van der Waals surface area contributed by atoms with Crippen molar-refractivity contribution in [2.45, 2.75) is 32.8 Å². The Bertz CT molecular complexity index is 797. The summed E-state index contributed by atoms with van der Waals surface area (Å²) in [7, 11) is 0. The molecule has 0 radical (unpaired) electrons. The van der Waals surface area contributed by atoms with Crippen LogP contribution in [0.1, 0.15) is 37.0 Å². The summed E-state index contributed by atoms with van der Waals surface area (Å²) in [5, 5.41) is 12.6. The van der Waals surface area contributed by atoms with Crippen molar-refractivity contribution in [1.29, 1.82) is 0 Å². The molecule has 0 saturated carbocycles. The molecule has 2 aliphatic heterocycles. The van der Waals surface area contributed by atoms with Gasteiger partial charge >= 0.3 is 5.97 Å². The zero-order valence-corrected chi connectivity index (χ0v) is 19.1. The number of benzene rings is 1. The lowest BCUT2D eigenvalue weighted by atomic mass is 10.2. The third kappa shape index (κ3) is 6.67. The van der Waals surface area contributed by atoms with Crippen LogP contribution in [-0.4, -0.2) is 103 Å². The van der Waals surface area contributed by atoms with Crippen molar-refractivity contribution in [3.8, 4) is 0 Å². The SMILES string of the molecule is CCN(CC)C(=O)CN1CCN(C(=NC[C@@H]2CCCO2)Nc2cccc(C(=O)O)c2)CC1. The number of amides is 1. The van der Waals surface area contributed by atoms with Crippen molar-refractivity contribution in [3.05, 3.63) is 29.8 Å². The number of ether oxygens (including phenoxy) is 1. The first-order chi connectivity index (χ1) is 15.5. The molecule has 32 heavy (non-hydrogen) atoms. The van der Waals surface area contributed by atoms with Crippen LogP contribution >= 0.6 is 0 Å². The molecule has 1 aromatic carbocycles. The molecular formula is C23H35N5O4. The molecule has 0 spiro atoms. The Labute approximate surface area is 190 Å². The normalized spacial score (nSPS) is 19.8. The Morgan fingerprint density at radius 1 is 1.22 bits per heavy atom. The smallest absolute Gasteiger partial charge is 0.335 e. The highest BCUT2D eigenvalue weighted by Gasteiger charge is 2.24. The summed E-state index contributed by atoms with van der Waals surface area (Å²) in [4.78, 5) is 34.8. The van der Waals surface area contributed by atoms with E-state index in [0.29, 0.717) is 18.8 Å². The van der Waals surface area contributed by atoms with Crippen molar-refractivity contribution in [2.75, 3.05) is 64.3 Å². The Morgan fingerprint density at radius 2 is 1.97 bits per heavy atom. The number of aliphatic imine (C=N–C) groups is 1. The lowest BCUT2D eigenvalue weighted by Crippen LogP contribution is -2.53. The number of carboxylic acid groups (broad SMARTS) is 1. The molecule has 0 unspecified atom stereocenters. The van der Waals surface area contributed by atoms with Gasteiger partial charge in [-0.25, -0.2) is 4.79 Å². The summed E-state index contributed by atoms with van der Waals surface area (Å²) in [5.74, 6) is -0.0740. The maximum atomic E-state index is 12.4. The van der Waals surface area contributed by atoms with Crippen molar-refractivity contribution in [2.24, 2.45) is 4.99 Å². The lowest BCUT2D eigenvalue weighted by Gasteiger charge is -2.37. The fraction of sp³-hybridized carbons (Fsp3) is 0.609. The Morgan fingerprint density at radius 3 is 2.59 bits per heavy atom. The Hall–Kier alpha value is -2.65. The highest BCUT2D eigenvalue weighted by molar-refractivity contribution is 5.96. The van der Waals surface area contributed by atoms with Crippen molar-refractivity contribution in [3.63, 3.8) is 0 Å². The number of likely N-dealkylation sites (N-methyl/N-ethyl adjacent to an activating group) is 1. The van der Waals surface area contributed by atoms with Crippen LogP contribution in [0.4, 0.5) is 5.69 Å². The van der Waals surface area contributed by atoms with Crippen LogP contribution in [0.5, 0.6) is 0 Å². The molecule has 2 fully saturated rings. The number of anilines is 1. The maximum Gasteiger partial charge on any atom is 0.335 e. The van der Waals surface area contributed by atoms with Gasteiger partial charge in [0.05, 0.1) is 24.8 Å². The number of piperazine rings is 1. The molecule has 1 amide bonds. The number of nitrogens with zero attached hydrogens (tertiary/aromatic N) is 4. The second-order valence-electron chi connectivity index (χ2n) is 8.14. The monoisotopic (exact) mass is 445 g/mol. The molecule has 1 aromatic rings. The van der Waals surface area contributed by atoms with Crippen LogP contribution in [0.15, 0.2) is 29.3 Å². The van der Waals surface area contributed by atoms with Gasteiger partial charge in [0.2, 0.25) is 5.91 Å². The fourth-order valence-corrected chi connectivity index (χ4v) is 4.04. The molecule has 9 nitrogen and oxygen atoms in total. The van der Waals surface area contributed by atoms with E-state index < -0.39 is 5.97 Å². The number of carboxylic acids is 1. The van der Waals surface area contributed by atoms with Gasteiger partial charge in [0.1, 0.15) is 0 Å². The fourth-order valence-electron chi connectivity index (χ4n) is 4.04. The quantitative estimate of drug-likeness (QED) is 0.465. The van der Waals surface area contributed by atoms with Gasteiger partial charge in [-0.2, -0.15) is 0 Å². The molecule has 2 N–H and O–H groups in total. The number of hydrogen-bond donors (Lipinski definition) is 2. The molecule has 1 atom stereocenters. The number of guanidine groups is 1. The van der Waals surface area contributed by atoms with Gasteiger partial charge in [0, 0.05) is 51.6 Å². The van der Waals surface area contributed by atoms with Gasteiger partial charge in [-0.05, 0) is 44.9 Å². The van der Waals surface area contributed by atoms with Gasteiger partial charge in [-0.1, -0.05) is 6.07 Å². The van der Waals surface area contributed by atoms with Gasteiger partial charge in [-0.15, -0.1) is 0 Å². The largest absolute Gasteiger partial charge is 0.478 e. The van der Waals surface area contributed by atoms with Gasteiger partial charge in [0.15, 0.2) is 5.96 Å². The average Bonchev–Trinajstić information content (AvgIpc) is 3.32. The van der Waals surface area contributed by atoms with E-state index in [2.05, 4.69) is 15.1 Å². The topological polar surface area (TPSA) is 97.7 Å². The number of hydrogen-bond acceptors (Lipinski definition) is 5. The molecule has 0 bridgehead atoms. The van der Waals surface area contributed by atoms with Gasteiger partial charge in [-0.3, -0.25) is 14.7 Å². The molecule has 176 valence electrons. The second-order valence-corrected chi connectivity index (χ2v) is 8.14. The number of carbonyl (C=O) groups is 2. The molecule has 0 aromatic heterocycles. The summed E-state index contributed by atoms with van der Waals surface area (Å²) >= 11 is 0. The predicted molar refractivity (Wildman–Crippen MR) is 124 cm³/mol. The molecule has 9 heteroatoms. The zero-order valence-electron chi connectivity index (χ0n) is 19.1. The van der Waals surface area contributed by atoms with E-state index in [0.717, 1.165) is 64.7 Å². The van der Waals surface area contributed by atoms with Gasteiger partial charge in [0.25, 0.3) is 0 Å². The van der Waals surface area contributed by atoms with Gasteiger partial charge < -0.3 is 25.0 Å². The average molecular weight is 446 g/mol. The molecule has 0 aliphatic carbocycles. The number of nitrogens with one attached hydrogen (secondary N) is 1. The lowest BCUT2D eigenvalue weighted by molar-refractivity contribution is -0.132. The van der Waals surface area contributed by atoms with Crippen LogP contribution < -0.4 is 5.32 Å². The summed E-state index contributed by atoms with van der Waals surface area (Å²) in [6, 6.07) is 6.75. The van der Waals surface area contributed by atoms with Crippen molar-refractivity contribution in [1.82, 2.24) is 14.7 Å². The van der Waals surface area contributed by atoms with Crippen molar-refractivity contribution < 1.29 is 19.4 Å². The first-order valence-electron chi connectivity index (χ1n) is 11.5. The molecule has 2 saturated heterocycles. The summed E-state index contributed by atoms with van der Waals surface area (Å²) in [6.07, 6.45) is 2.19. The highest BCUT2D eigenvalue weighted by Crippen LogP contribution is 2.15. The molecular weight excluding hydrogens is 410 g/mol. The third-order valence-electron chi connectivity index (χ3n) is 5.98. The number of rotatable bonds is 8. The van der Waals surface area contributed by atoms with E-state index in [1.165, 1.54) is 0 Å². The molecule has 2 aliphatic rings. The summed E-state index contributed by atoms with van der Waals surface area (Å²) in [5.41, 5.74) is 0.920. The van der Waals surface area contributed by atoms with Crippen LogP contribution in [0, 0.1) is 0 Å². The minimum atomic E-state index is -0.960. The van der Waals surface area contributed by atoms with E-state index >= 15 is 0 Å². The maximum absolute atomic E-state index is 12.4. The van der Waals surface area contributed by atoms with Crippen LogP contribution in [0.25, 0.3) is 0 Å². The summed E-state index contributed by atoms with van der Waals surface area (Å²) in [6.45, 7) is 10.3. The number of carbonyl (C=O) groups excluding carboxylic acids is 1. The van der Waals surface area contributed by atoms with E-state index in [-0.39, 0.29) is 17.6 Å². The number of aromatic carboxylic acids is 1. The standard InChI is InChI=1S/C23H35N5O4/c1-3-27(4-2)21(29)17-26-10-12-28(13-11-26)23(24-16-20-9-6-14-32-20)25-19-8-5-7-18(15-19)22(30)31/h5,7-8,15,20H,3-4,6,9-14,16-17H2,1-2H3,(H,24,25)(H,30,31)/t20-/m0/s1. The third-order valence-corrected chi connectivity index (χ3v) is 5.98. The van der Waals surface area contributed by atoms with E-state index in [1.54, 1.807) is 18.2 Å².